The van der Waals surface area contributed by atoms with Crippen LogP contribution < -0.4 is 0 Å². The molecule has 0 saturated carbocycles. The fourth-order valence-corrected chi connectivity index (χ4v) is 2.46. The molecule has 128 valence electrons. The normalized spacial score (nSPS) is 12.2. The van der Waals surface area contributed by atoms with Crippen molar-refractivity contribution >= 4 is 5.97 Å². The van der Waals surface area contributed by atoms with Crippen molar-refractivity contribution in [1.82, 2.24) is 14.8 Å². The van der Waals surface area contributed by atoms with Gasteiger partial charge in [0.25, 0.3) is 0 Å². The topological polar surface area (TPSA) is 57.0 Å². The van der Waals surface area contributed by atoms with Gasteiger partial charge in [-0.1, -0.05) is 32.0 Å². The van der Waals surface area contributed by atoms with Gasteiger partial charge in [-0.05, 0) is 30.2 Å². The van der Waals surface area contributed by atoms with E-state index in [1.165, 1.54) is 23.1 Å². The van der Waals surface area contributed by atoms with Crippen LogP contribution in [0, 0.1) is 11.7 Å². The third-order valence-electron chi connectivity index (χ3n) is 3.74. The van der Waals surface area contributed by atoms with Crippen molar-refractivity contribution in [2.24, 2.45) is 5.92 Å². The Kier molecular flexibility index (Phi) is 4.88. The predicted octanol–water partition coefficient (Wildman–Crippen LogP) is 3.96. The van der Waals surface area contributed by atoms with Gasteiger partial charge < -0.3 is 4.74 Å². The number of esters is 1. The maximum atomic E-state index is 13.8. The molecule has 3 aromatic rings. The highest BCUT2D eigenvalue weighted by atomic mass is 19.1. The molecule has 0 amide bonds. The predicted molar refractivity (Wildman–Crippen MR) is 90.8 cm³/mol. The lowest BCUT2D eigenvalue weighted by molar-refractivity contribution is 0.0164. The Morgan fingerprint density at radius 1 is 1.16 bits per heavy atom. The van der Waals surface area contributed by atoms with E-state index in [9.17, 15) is 9.18 Å². The molecule has 0 spiro atoms. The molecule has 1 atom stereocenters. The van der Waals surface area contributed by atoms with Crippen LogP contribution in [0.4, 0.5) is 4.39 Å². The number of aromatic nitrogens is 3. The maximum absolute atomic E-state index is 13.8. The van der Waals surface area contributed by atoms with Crippen molar-refractivity contribution in [3.05, 3.63) is 78.1 Å². The molecule has 25 heavy (non-hydrogen) atoms. The Hall–Kier alpha value is -3.02. The van der Waals surface area contributed by atoms with Crippen molar-refractivity contribution in [3.8, 4) is 5.69 Å². The molecule has 5 nitrogen and oxygen atoms in total. The lowest BCUT2D eigenvalue weighted by Crippen LogP contribution is -2.17. The van der Waals surface area contributed by atoms with Gasteiger partial charge in [-0.15, -0.1) is 0 Å². The number of halogens is 1. The van der Waals surface area contributed by atoms with E-state index in [2.05, 4.69) is 10.1 Å². The summed E-state index contributed by atoms with van der Waals surface area (Å²) in [6, 6.07) is 11.7. The summed E-state index contributed by atoms with van der Waals surface area (Å²) in [4.78, 5) is 16.7. The van der Waals surface area contributed by atoms with Crippen molar-refractivity contribution in [1.29, 1.82) is 0 Å². The smallest absolute Gasteiger partial charge is 0.342 e. The standard InChI is InChI=1S/C19H18FN3O2/c1-13(2)18(16-8-5-6-10-21-16)25-19(24)14-11-22-23(12-14)17-9-4-3-7-15(17)20/h3-13,18H,1-2H3. The third-order valence-corrected chi connectivity index (χ3v) is 3.74. The lowest BCUT2D eigenvalue weighted by Gasteiger charge is -2.20. The van der Waals surface area contributed by atoms with Crippen LogP contribution in [-0.4, -0.2) is 20.7 Å². The van der Waals surface area contributed by atoms with Gasteiger partial charge in [-0.25, -0.2) is 13.9 Å². The molecule has 2 heterocycles. The summed E-state index contributed by atoms with van der Waals surface area (Å²) in [6.45, 7) is 3.91. The van der Waals surface area contributed by atoms with Crippen molar-refractivity contribution in [2.45, 2.75) is 20.0 Å². The van der Waals surface area contributed by atoms with E-state index in [-0.39, 0.29) is 17.2 Å². The van der Waals surface area contributed by atoms with Crippen molar-refractivity contribution in [3.63, 3.8) is 0 Å². The van der Waals surface area contributed by atoms with Gasteiger partial charge in [0.1, 0.15) is 17.6 Å². The Morgan fingerprint density at radius 3 is 2.60 bits per heavy atom. The molecule has 0 N–H and O–H groups in total. The molecule has 1 aromatic carbocycles. The van der Waals surface area contributed by atoms with E-state index in [4.69, 9.17) is 4.74 Å². The first kappa shape index (κ1) is 16.8. The minimum absolute atomic E-state index is 0.0560. The van der Waals surface area contributed by atoms with Crippen molar-refractivity contribution < 1.29 is 13.9 Å². The fraction of sp³-hybridized carbons (Fsp3) is 0.211. The van der Waals surface area contributed by atoms with E-state index in [0.717, 1.165) is 0 Å². The summed E-state index contributed by atoms with van der Waals surface area (Å²) in [5.41, 5.74) is 1.21. The zero-order chi connectivity index (χ0) is 17.8. The van der Waals surface area contributed by atoms with E-state index < -0.39 is 17.9 Å². The van der Waals surface area contributed by atoms with E-state index in [1.54, 1.807) is 30.5 Å². The van der Waals surface area contributed by atoms with Gasteiger partial charge in [0.05, 0.1) is 17.5 Å². The van der Waals surface area contributed by atoms with Crippen LogP contribution >= 0.6 is 0 Å². The first-order valence-electron chi connectivity index (χ1n) is 7.97. The third kappa shape index (κ3) is 3.74. The SMILES string of the molecule is CC(C)C(OC(=O)c1cnn(-c2ccccc2F)c1)c1ccccn1. The van der Waals surface area contributed by atoms with Crippen LogP contribution in [0.15, 0.2) is 61.1 Å². The first-order chi connectivity index (χ1) is 12.1. The molecule has 0 radical (unpaired) electrons. The van der Waals surface area contributed by atoms with Gasteiger partial charge in [0.15, 0.2) is 0 Å². The second-order valence-corrected chi connectivity index (χ2v) is 5.95. The molecule has 1 unspecified atom stereocenters. The molecule has 0 aliphatic carbocycles. The molecule has 0 saturated heterocycles. The van der Waals surface area contributed by atoms with Crippen LogP contribution in [0.2, 0.25) is 0 Å². The molecular formula is C19H18FN3O2. The molecule has 3 rings (SSSR count). The summed E-state index contributed by atoms with van der Waals surface area (Å²) in [7, 11) is 0. The number of rotatable bonds is 5. The van der Waals surface area contributed by atoms with E-state index >= 15 is 0 Å². The van der Waals surface area contributed by atoms with Crippen LogP contribution in [0.1, 0.15) is 36.0 Å². The molecule has 0 aliphatic rings. The fourth-order valence-electron chi connectivity index (χ4n) is 2.46. The zero-order valence-corrected chi connectivity index (χ0v) is 14.0. The summed E-state index contributed by atoms with van der Waals surface area (Å²) in [5, 5.41) is 4.05. The van der Waals surface area contributed by atoms with Crippen molar-refractivity contribution in [2.75, 3.05) is 0 Å². The highest BCUT2D eigenvalue weighted by molar-refractivity contribution is 5.89. The summed E-state index contributed by atoms with van der Waals surface area (Å²) >= 11 is 0. The number of hydrogen-bond donors (Lipinski definition) is 0. The van der Waals surface area contributed by atoms with Gasteiger partial charge in [-0.2, -0.15) is 5.10 Å². The molecule has 0 bridgehead atoms. The van der Waals surface area contributed by atoms with Crippen LogP contribution in [0.5, 0.6) is 0 Å². The number of benzene rings is 1. The zero-order valence-electron chi connectivity index (χ0n) is 14.0. The number of para-hydroxylation sites is 1. The number of carbonyl (C=O) groups excluding carboxylic acids is 1. The Labute approximate surface area is 145 Å². The second-order valence-electron chi connectivity index (χ2n) is 5.95. The molecule has 6 heteroatoms. The highest BCUT2D eigenvalue weighted by Crippen LogP contribution is 2.25. The number of ether oxygens (including phenoxy) is 1. The molecule has 0 fully saturated rings. The number of carbonyl (C=O) groups is 1. The minimum atomic E-state index is -0.521. The summed E-state index contributed by atoms with van der Waals surface area (Å²) in [6.07, 6.45) is 4.01. The largest absolute Gasteiger partial charge is 0.452 e. The molecule has 2 aromatic heterocycles. The van der Waals surface area contributed by atoms with Crippen LogP contribution in [0.25, 0.3) is 5.69 Å². The Morgan fingerprint density at radius 2 is 1.92 bits per heavy atom. The van der Waals surface area contributed by atoms with Crippen LogP contribution in [-0.2, 0) is 4.74 Å². The Balaban J connectivity index is 1.81. The minimum Gasteiger partial charge on any atom is -0.452 e. The average molecular weight is 339 g/mol. The van der Waals surface area contributed by atoms with Gasteiger partial charge >= 0.3 is 5.97 Å². The average Bonchev–Trinajstić information content (AvgIpc) is 3.10. The Bertz CT molecular complexity index is 862. The van der Waals surface area contributed by atoms with Gasteiger partial charge in [-0.3, -0.25) is 4.98 Å². The summed E-state index contributed by atoms with van der Waals surface area (Å²) in [5.74, 6) is -0.883. The monoisotopic (exact) mass is 339 g/mol. The highest BCUT2D eigenvalue weighted by Gasteiger charge is 2.23. The van der Waals surface area contributed by atoms with E-state index in [0.29, 0.717) is 5.69 Å². The first-order valence-corrected chi connectivity index (χ1v) is 7.97. The summed E-state index contributed by atoms with van der Waals surface area (Å²) < 4.78 is 20.8. The van der Waals surface area contributed by atoms with Crippen LogP contribution in [0.3, 0.4) is 0 Å². The van der Waals surface area contributed by atoms with Gasteiger partial charge in [0.2, 0.25) is 0 Å². The van der Waals surface area contributed by atoms with E-state index in [1.807, 2.05) is 26.0 Å². The second kappa shape index (κ2) is 7.25. The van der Waals surface area contributed by atoms with Gasteiger partial charge in [0, 0.05) is 12.4 Å². The quantitative estimate of drug-likeness (QED) is 0.660. The number of hydrogen-bond acceptors (Lipinski definition) is 4. The molecule has 0 aliphatic heterocycles. The number of pyridine rings is 1. The molecular weight excluding hydrogens is 321 g/mol. The number of nitrogens with zero attached hydrogens (tertiary/aromatic N) is 3. The maximum Gasteiger partial charge on any atom is 0.342 e. The lowest BCUT2D eigenvalue weighted by atomic mass is 10.0.